The molecule has 1 aromatic carbocycles. The fourth-order valence-corrected chi connectivity index (χ4v) is 3.05. The molecule has 2 heterocycles. The third kappa shape index (κ3) is 4.84. The topological polar surface area (TPSA) is 88.3 Å². The van der Waals surface area contributed by atoms with E-state index in [0.717, 1.165) is 18.4 Å². The van der Waals surface area contributed by atoms with Crippen molar-refractivity contribution in [2.45, 2.75) is 26.3 Å². The van der Waals surface area contributed by atoms with Crippen LogP contribution in [0.15, 0.2) is 61.1 Å². The zero-order valence-electron chi connectivity index (χ0n) is 16.6. The summed E-state index contributed by atoms with van der Waals surface area (Å²) in [5.74, 6) is 1.12. The number of aromatic nitrogens is 3. The molecule has 8 heteroatoms. The van der Waals surface area contributed by atoms with E-state index in [9.17, 15) is 10.1 Å². The van der Waals surface area contributed by atoms with Gasteiger partial charge < -0.3 is 9.80 Å². The largest absolute Gasteiger partial charge is 0.354 e. The van der Waals surface area contributed by atoms with E-state index >= 15 is 0 Å². The highest BCUT2D eigenvalue weighted by atomic mass is 16.6. The molecule has 3 aromatic rings. The van der Waals surface area contributed by atoms with Crippen molar-refractivity contribution in [1.82, 2.24) is 15.0 Å². The molecular formula is C21H24N6O2. The first-order chi connectivity index (χ1) is 14.1. The van der Waals surface area contributed by atoms with Gasteiger partial charge in [0.05, 0.1) is 11.5 Å². The first kappa shape index (κ1) is 20.2. The second kappa shape index (κ2) is 9.59. The van der Waals surface area contributed by atoms with Crippen LogP contribution in [-0.2, 0) is 6.54 Å². The number of pyridine rings is 1. The van der Waals surface area contributed by atoms with Crippen LogP contribution >= 0.6 is 0 Å². The van der Waals surface area contributed by atoms with Crippen LogP contribution in [0.2, 0.25) is 0 Å². The summed E-state index contributed by atoms with van der Waals surface area (Å²) in [5.41, 5.74) is 0.875. The summed E-state index contributed by atoms with van der Waals surface area (Å²) in [5, 5.41) is 12.1. The maximum absolute atomic E-state index is 12.1. The minimum atomic E-state index is -0.409. The van der Waals surface area contributed by atoms with E-state index in [1.807, 2.05) is 60.5 Å². The summed E-state index contributed by atoms with van der Waals surface area (Å²) in [6.07, 6.45) is 4.95. The van der Waals surface area contributed by atoms with Crippen LogP contribution in [0, 0.1) is 10.1 Å². The van der Waals surface area contributed by atoms with Gasteiger partial charge in [0, 0.05) is 19.8 Å². The zero-order chi connectivity index (χ0) is 20.6. The van der Waals surface area contributed by atoms with Crippen LogP contribution < -0.4 is 9.80 Å². The second-order valence-electron chi connectivity index (χ2n) is 6.66. The van der Waals surface area contributed by atoms with Gasteiger partial charge in [0.2, 0.25) is 11.6 Å². The predicted octanol–water partition coefficient (Wildman–Crippen LogP) is 4.35. The Balaban J connectivity index is 2.10. The Morgan fingerprint density at radius 2 is 1.72 bits per heavy atom. The Labute approximate surface area is 170 Å². The van der Waals surface area contributed by atoms with Gasteiger partial charge in [0.1, 0.15) is 12.1 Å². The van der Waals surface area contributed by atoms with Crippen molar-refractivity contribution >= 4 is 23.1 Å². The Hall–Kier alpha value is -3.55. The van der Waals surface area contributed by atoms with Gasteiger partial charge in [0.15, 0.2) is 0 Å². The van der Waals surface area contributed by atoms with E-state index in [1.54, 1.807) is 11.1 Å². The molecule has 150 valence electrons. The SMILES string of the molecule is CCCCN(C)c1ncnc(N(Cc2ccccc2)c2ccccn2)c1[N+](=O)[O-]. The van der Waals surface area contributed by atoms with Crippen molar-refractivity contribution in [1.29, 1.82) is 0 Å². The van der Waals surface area contributed by atoms with Crippen LogP contribution in [0.5, 0.6) is 0 Å². The van der Waals surface area contributed by atoms with Crippen molar-refractivity contribution < 1.29 is 4.92 Å². The standard InChI is InChI=1S/C21H24N6O2/c1-3-4-14-25(2)20-19(27(28)29)21(24-16-23-20)26(18-12-8-9-13-22-18)15-17-10-6-5-7-11-17/h5-13,16H,3-4,14-15H2,1-2H3. The van der Waals surface area contributed by atoms with E-state index in [4.69, 9.17) is 0 Å². The summed E-state index contributed by atoms with van der Waals surface area (Å²) in [6, 6.07) is 15.2. The predicted molar refractivity (Wildman–Crippen MR) is 113 cm³/mol. The molecule has 8 nitrogen and oxygen atoms in total. The van der Waals surface area contributed by atoms with Gasteiger partial charge in [-0.3, -0.25) is 10.1 Å². The fraction of sp³-hybridized carbons (Fsp3) is 0.286. The van der Waals surface area contributed by atoms with E-state index < -0.39 is 4.92 Å². The monoisotopic (exact) mass is 392 g/mol. The molecule has 0 aliphatic heterocycles. The summed E-state index contributed by atoms with van der Waals surface area (Å²) < 4.78 is 0. The molecule has 0 fully saturated rings. The number of rotatable bonds is 9. The van der Waals surface area contributed by atoms with Crippen LogP contribution in [0.3, 0.4) is 0 Å². The molecule has 2 aromatic heterocycles. The smallest absolute Gasteiger partial charge is 0.354 e. The molecule has 0 atom stereocenters. The fourth-order valence-electron chi connectivity index (χ4n) is 3.05. The van der Waals surface area contributed by atoms with E-state index in [0.29, 0.717) is 24.7 Å². The summed E-state index contributed by atoms with van der Waals surface area (Å²) in [7, 11) is 1.82. The van der Waals surface area contributed by atoms with Crippen molar-refractivity contribution in [3.63, 3.8) is 0 Å². The van der Waals surface area contributed by atoms with Crippen LogP contribution in [-0.4, -0.2) is 33.5 Å². The normalized spacial score (nSPS) is 10.6. The Morgan fingerprint density at radius 1 is 1.00 bits per heavy atom. The molecule has 0 aliphatic carbocycles. The number of hydrogen-bond donors (Lipinski definition) is 0. The highest BCUT2D eigenvalue weighted by Crippen LogP contribution is 2.37. The quantitative estimate of drug-likeness (QED) is 0.395. The second-order valence-corrected chi connectivity index (χ2v) is 6.66. The average Bonchev–Trinajstić information content (AvgIpc) is 2.76. The lowest BCUT2D eigenvalue weighted by molar-refractivity contribution is -0.383. The van der Waals surface area contributed by atoms with Gasteiger partial charge in [0.25, 0.3) is 0 Å². The third-order valence-electron chi connectivity index (χ3n) is 4.54. The lowest BCUT2D eigenvalue weighted by Crippen LogP contribution is -2.24. The van der Waals surface area contributed by atoms with E-state index in [2.05, 4.69) is 21.9 Å². The molecule has 0 amide bonds. The lowest BCUT2D eigenvalue weighted by Gasteiger charge is -2.24. The van der Waals surface area contributed by atoms with E-state index in [-0.39, 0.29) is 11.5 Å². The highest BCUT2D eigenvalue weighted by molar-refractivity contribution is 5.75. The van der Waals surface area contributed by atoms with Crippen molar-refractivity contribution in [2.24, 2.45) is 0 Å². The van der Waals surface area contributed by atoms with E-state index in [1.165, 1.54) is 6.33 Å². The molecule has 0 aliphatic rings. The first-order valence-corrected chi connectivity index (χ1v) is 9.54. The number of hydrogen-bond acceptors (Lipinski definition) is 7. The van der Waals surface area contributed by atoms with Gasteiger partial charge in [-0.1, -0.05) is 49.7 Å². The van der Waals surface area contributed by atoms with Gasteiger partial charge in [-0.15, -0.1) is 0 Å². The average molecular weight is 392 g/mol. The maximum atomic E-state index is 12.1. The Bertz CT molecular complexity index is 936. The van der Waals surface area contributed by atoms with Crippen LogP contribution in [0.25, 0.3) is 0 Å². The lowest BCUT2D eigenvalue weighted by atomic mass is 10.2. The van der Waals surface area contributed by atoms with Gasteiger partial charge in [-0.05, 0) is 24.1 Å². The summed E-state index contributed by atoms with van der Waals surface area (Å²) >= 11 is 0. The van der Waals surface area contributed by atoms with Crippen LogP contribution in [0.4, 0.5) is 23.1 Å². The third-order valence-corrected chi connectivity index (χ3v) is 4.54. The molecule has 3 rings (SSSR count). The molecule has 0 unspecified atom stereocenters. The minimum Gasteiger partial charge on any atom is -0.354 e. The molecule has 0 bridgehead atoms. The maximum Gasteiger partial charge on any atom is 0.354 e. The number of anilines is 3. The molecule has 0 N–H and O–H groups in total. The Kier molecular flexibility index (Phi) is 6.67. The summed E-state index contributed by atoms with van der Waals surface area (Å²) in [4.78, 5) is 28.2. The first-order valence-electron chi connectivity index (χ1n) is 9.54. The summed E-state index contributed by atoms with van der Waals surface area (Å²) in [6.45, 7) is 3.15. The van der Waals surface area contributed by atoms with Gasteiger partial charge in [-0.2, -0.15) is 0 Å². The highest BCUT2D eigenvalue weighted by Gasteiger charge is 2.30. The number of nitrogens with zero attached hydrogens (tertiary/aromatic N) is 6. The zero-order valence-corrected chi connectivity index (χ0v) is 16.6. The molecular weight excluding hydrogens is 368 g/mol. The molecule has 29 heavy (non-hydrogen) atoms. The number of benzene rings is 1. The van der Waals surface area contributed by atoms with Gasteiger partial charge in [-0.25, -0.2) is 15.0 Å². The molecule has 0 spiro atoms. The number of nitro groups is 1. The minimum absolute atomic E-state index is 0.118. The molecule has 0 radical (unpaired) electrons. The number of unbranched alkanes of at least 4 members (excludes halogenated alkanes) is 1. The van der Waals surface area contributed by atoms with Crippen molar-refractivity contribution in [2.75, 3.05) is 23.4 Å². The van der Waals surface area contributed by atoms with Crippen molar-refractivity contribution in [3.05, 3.63) is 76.7 Å². The molecule has 0 saturated carbocycles. The Morgan fingerprint density at radius 3 is 2.38 bits per heavy atom. The van der Waals surface area contributed by atoms with Crippen LogP contribution in [0.1, 0.15) is 25.3 Å². The van der Waals surface area contributed by atoms with Crippen molar-refractivity contribution in [3.8, 4) is 0 Å². The molecule has 0 saturated heterocycles. The van der Waals surface area contributed by atoms with Gasteiger partial charge >= 0.3 is 5.69 Å².